The van der Waals surface area contributed by atoms with E-state index in [2.05, 4.69) is 20.9 Å². The first-order chi connectivity index (χ1) is 19.8. The van der Waals surface area contributed by atoms with Crippen LogP contribution in [0.2, 0.25) is 0 Å². The third-order valence-electron chi connectivity index (χ3n) is 6.46. The Labute approximate surface area is 243 Å². The van der Waals surface area contributed by atoms with E-state index in [9.17, 15) is 19.5 Å². The van der Waals surface area contributed by atoms with E-state index in [1.54, 1.807) is 12.1 Å². The lowest BCUT2D eigenvalue weighted by Gasteiger charge is -2.18. The van der Waals surface area contributed by atoms with Gasteiger partial charge in [-0.15, -0.1) is 0 Å². The number of aromatic nitrogens is 2. The van der Waals surface area contributed by atoms with Crippen molar-refractivity contribution in [2.24, 2.45) is 5.73 Å². The van der Waals surface area contributed by atoms with Gasteiger partial charge in [-0.2, -0.15) is 0 Å². The van der Waals surface area contributed by atoms with Crippen LogP contribution in [0, 0.1) is 5.41 Å². The molecule has 3 rings (SSSR count). The highest BCUT2D eigenvalue weighted by Crippen LogP contribution is 2.29. The average Bonchev–Trinajstić information content (AvgIpc) is 2.93. The van der Waals surface area contributed by atoms with Crippen LogP contribution in [0.1, 0.15) is 55.6 Å². The van der Waals surface area contributed by atoms with Gasteiger partial charge in [-0.25, -0.2) is 4.98 Å². The standard InChI is InChI=1S/C29H38N8O5/c1-6-16(4)36-28(40)19-7-17(8-20(30)9-19)22-13-34-27(35-15(2)3)29(41)37(22)14-25(39)33-12-21-23(38)10-18(26(31)32)11-24(21)42-5/h7-11,13,15-16,38H,6,12,14,30H2,1-5H3,(H3,31,32)(H,33,39)(H,34,35)(H,36,40)/t16-/m0/s1. The van der Waals surface area contributed by atoms with Crippen molar-refractivity contribution in [1.82, 2.24) is 20.2 Å². The molecule has 0 bridgehead atoms. The highest BCUT2D eigenvalue weighted by Gasteiger charge is 2.19. The summed E-state index contributed by atoms with van der Waals surface area (Å²) in [5.41, 5.74) is 12.9. The predicted octanol–water partition coefficient (Wildman–Crippen LogP) is 2.16. The summed E-state index contributed by atoms with van der Waals surface area (Å²) in [5, 5.41) is 26.7. The molecule has 0 unspecified atom stereocenters. The molecule has 1 aromatic heterocycles. The van der Waals surface area contributed by atoms with Crippen molar-refractivity contribution in [2.75, 3.05) is 18.2 Å². The third kappa shape index (κ3) is 7.56. The first kappa shape index (κ1) is 31.5. The van der Waals surface area contributed by atoms with Crippen LogP contribution in [0.3, 0.4) is 0 Å². The predicted molar refractivity (Wildman–Crippen MR) is 162 cm³/mol. The zero-order valence-electron chi connectivity index (χ0n) is 24.4. The van der Waals surface area contributed by atoms with E-state index in [1.165, 1.54) is 36.1 Å². The second-order valence-electron chi connectivity index (χ2n) is 10.2. The van der Waals surface area contributed by atoms with Gasteiger partial charge >= 0.3 is 0 Å². The fourth-order valence-corrected chi connectivity index (χ4v) is 4.12. The topological polar surface area (TPSA) is 210 Å². The van der Waals surface area contributed by atoms with Crippen LogP contribution < -0.4 is 37.7 Å². The lowest BCUT2D eigenvalue weighted by atomic mass is 10.1. The monoisotopic (exact) mass is 578 g/mol. The van der Waals surface area contributed by atoms with Gasteiger partial charge < -0.3 is 37.3 Å². The molecule has 0 radical (unpaired) electrons. The molecule has 224 valence electrons. The van der Waals surface area contributed by atoms with E-state index in [0.29, 0.717) is 16.8 Å². The number of ether oxygens (including phenoxy) is 1. The molecule has 0 saturated carbocycles. The Kier molecular flexibility index (Phi) is 10.1. The van der Waals surface area contributed by atoms with E-state index in [4.69, 9.17) is 21.6 Å². The van der Waals surface area contributed by atoms with Gasteiger partial charge in [0.15, 0.2) is 5.82 Å². The molecule has 13 nitrogen and oxygen atoms in total. The molecule has 1 atom stereocenters. The van der Waals surface area contributed by atoms with Crippen LogP contribution in [0.25, 0.3) is 11.3 Å². The minimum absolute atomic E-state index is 0.0518. The molecule has 0 aliphatic heterocycles. The Hall–Kier alpha value is -5.07. The van der Waals surface area contributed by atoms with Gasteiger partial charge in [0.2, 0.25) is 5.91 Å². The summed E-state index contributed by atoms with van der Waals surface area (Å²) in [4.78, 5) is 43.8. The molecule has 1 heterocycles. The summed E-state index contributed by atoms with van der Waals surface area (Å²) in [7, 11) is 1.39. The summed E-state index contributed by atoms with van der Waals surface area (Å²) in [6, 6.07) is 7.35. The van der Waals surface area contributed by atoms with Gasteiger partial charge in [-0.05, 0) is 57.5 Å². The number of phenolic OH excluding ortho intramolecular Hbond substituents is 1. The molecule has 3 aromatic rings. The van der Waals surface area contributed by atoms with E-state index < -0.39 is 18.0 Å². The van der Waals surface area contributed by atoms with E-state index in [1.807, 2.05) is 27.7 Å². The van der Waals surface area contributed by atoms with Crippen molar-refractivity contribution in [3.63, 3.8) is 0 Å². The van der Waals surface area contributed by atoms with Gasteiger partial charge in [0.05, 0.1) is 31.1 Å². The largest absolute Gasteiger partial charge is 0.507 e. The lowest BCUT2D eigenvalue weighted by Crippen LogP contribution is -2.35. The number of methoxy groups -OCH3 is 1. The van der Waals surface area contributed by atoms with Gasteiger partial charge in [0, 0.05) is 34.5 Å². The van der Waals surface area contributed by atoms with Crippen molar-refractivity contribution in [1.29, 1.82) is 5.41 Å². The fraction of sp³-hybridized carbons (Fsp3) is 0.345. The minimum Gasteiger partial charge on any atom is -0.507 e. The second kappa shape index (κ2) is 13.5. The molecule has 0 aliphatic carbocycles. The first-order valence-electron chi connectivity index (χ1n) is 13.4. The number of phenols is 1. The number of amidine groups is 1. The van der Waals surface area contributed by atoms with Crippen molar-refractivity contribution in [2.45, 2.75) is 59.3 Å². The third-order valence-corrected chi connectivity index (χ3v) is 6.46. The molecule has 2 amide bonds. The summed E-state index contributed by atoms with van der Waals surface area (Å²) < 4.78 is 6.55. The van der Waals surface area contributed by atoms with E-state index in [-0.39, 0.29) is 64.5 Å². The highest BCUT2D eigenvalue weighted by molar-refractivity contribution is 5.97. The van der Waals surface area contributed by atoms with Crippen LogP contribution in [0.15, 0.2) is 41.3 Å². The Balaban J connectivity index is 1.98. The van der Waals surface area contributed by atoms with Crippen molar-refractivity contribution >= 4 is 29.2 Å². The molecule has 42 heavy (non-hydrogen) atoms. The van der Waals surface area contributed by atoms with Gasteiger partial charge in [-0.3, -0.25) is 24.4 Å². The maximum absolute atomic E-state index is 13.5. The van der Waals surface area contributed by atoms with Gasteiger partial charge in [0.25, 0.3) is 11.5 Å². The van der Waals surface area contributed by atoms with Crippen LogP contribution in [-0.2, 0) is 17.9 Å². The molecule has 0 spiro atoms. The molecule has 0 aliphatic rings. The van der Waals surface area contributed by atoms with Crippen molar-refractivity contribution in [3.8, 4) is 22.8 Å². The normalized spacial score (nSPS) is 11.6. The van der Waals surface area contributed by atoms with Gasteiger partial charge in [0.1, 0.15) is 23.9 Å². The Bertz CT molecular complexity index is 1550. The number of anilines is 2. The summed E-state index contributed by atoms with van der Waals surface area (Å²) in [6.07, 6.45) is 2.19. The zero-order valence-corrected chi connectivity index (χ0v) is 24.4. The Morgan fingerprint density at radius 1 is 1.14 bits per heavy atom. The maximum atomic E-state index is 13.5. The number of hydrogen-bond acceptors (Lipinski definition) is 9. The van der Waals surface area contributed by atoms with Crippen molar-refractivity contribution in [3.05, 3.63) is 63.6 Å². The summed E-state index contributed by atoms with van der Waals surface area (Å²) >= 11 is 0. The van der Waals surface area contributed by atoms with Gasteiger partial charge in [-0.1, -0.05) is 6.92 Å². The Morgan fingerprint density at radius 3 is 2.48 bits per heavy atom. The minimum atomic E-state index is -0.546. The fourth-order valence-electron chi connectivity index (χ4n) is 4.12. The molecule has 13 heteroatoms. The number of benzene rings is 2. The molecular formula is C29H38N8O5. The molecule has 2 aromatic carbocycles. The second-order valence-corrected chi connectivity index (χ2v) is 10.2. The molecule has 0 saturated heterocycles. The van der Waals surface area contributed by atoms with Crippen LogP contribution >= 0.6 is 0 Å². The lowest BCUT2D eigenvalue weighted by molar-refractivity contribution is -0.121. The molecular weight excluding hydrogens is 540 g/mol. The van der Waals surface area contributed by atoms with Crippen LogP contribution in [0.5, 0.6) is 11.5 Å². The molecule has 0 fully saturated rings. The quantitative estimate of drug-likeness (QED) is 0.0952. The SMILES string of the molecule is CC[C@H](C)NC(=O)c1cc(N)cc(-c2cnc(NC(C)C)c(=O)n2CC(=O)NCc2c(O)cc(C(=N)N)cc2OC)c1. The number of aromatic hydroxyl groups is 1. The number of nitrogen functional groups attached to an aromatic ring is 2. The summed E-state index contributed by atoms with van der Waals surface area (Å²) in [5.74, 6) is -1.05. The van der Waals surface area contributed by atoms with Crippen LogP contribution in [-0.4, -0.2) is 51.5 Å². The summed E-state index contributed by atoms with van der Waals surface area (Å²) in [6.45, 7) is 7.01. The maximum Gasteiger partial charge on any atom is 0.294 e. The smallest absolute Gasteiger partial charge is 0.294 e. The van der Waals surface area contributed by atoms with E-state index >= 15 is 0 Å². The zero-order chi connectivity index (χ0) is 31.1. The number of carbonyl (C=O) groups is 2. The first-order valence-corrected chi connectivity index (χ1v) is 13.4. The van der Waals surface area contributed by atoms with E-state index in [0.717, 1.165) is 6.42 Å². The number of carbonyl (C=O) groups excluding carboxylic acids is 2. The number of rotatable bonds is 12. The average molecular weight is 579 g/mol. The molecule has 9 N–H and O–H groups in total. The van der Waals surface area contributed by atoms with Crippen LogP contribution in [0.4, 0.5) is 11.5 Å². The number of amides is 2. The Morgan fingerprint density at radius 2 is 1.86 bits per heavy atom. The number of nitrogens with one attached hydrogen (secondary N) is 4. The highest BCUT2D eigenvalue weighted by atomic mass is 16.5. The number of hydrogen-bond donors (Lipinski definition) is 7. The van der Waals surface area contributed by atoms with Crippen molar-refractivity contribution < 1.29 is 19.4 Å². The number of nitrogens with two attached hydrogens (primary N) is 2. The number of nitrogens with zero attached hydrogens (tertiary/aromatic N) is 2.